The molecule has 0 bridgehead atoms. The smallest absolute Gasteiger partial charge is 0.0150 e. The van der Waals surface area contributed by atoms with Gasteiger partial charge in [-0.1, -0.05) is 13.8 Å². The molecule has 82 valence electrons. The monoisotopic (exact) mass is 196 g/mol. The molecule has 1 aliphatic carbocycles. The Morgan fingerprint density at radius 3 is 2.64 bits per heavy atom. The quantitative estimate of drug-likeness (QED) is 0.739. The fourth-order valence-electron chi connectivity index (χ4n) is 2.81. The third-order valence-corrected chi connectivity index (χ3v) is 3.94. The van der Waals surface area contributed by atoms with Crippen LogP contribution in [-0.4, -0.2) is 37.6 Å². The van der Waals surface area contributed by atoms with Crippen molar-refractivity contribution in [3.63, 3.8) is 0 Å². The molecule has 2 nitrogen and oxygen atoms in total. The number of rotatable bonds is 3. The number of nitrogens with one attached hydrogen (secondary N) is 1. The first kappa shape index (κ1) is 10.4. The Balaban J connectivity index is 1.74. The minimum Gasteiger partial charge on any atom is -0.316 e. The van der Waals surface area contributed by atoms with E-state index in [0.717, 1.165) is 12.0 Å². The van der Waals surface area contributed by atoms with Gasteiger partial charge in [-0.15, -0.1) is 0 Å². The molecule has 2 heteroatoms. The third-order valence-electron chi connectivity index (χ3n) is 3.94. The van der Waals surface area contributed by atoms with Gasteiger partial charge in [-0.3, -0.25) is 0 Å². The van der Waals surface area contributed by atoms with Gasteiger partial charge in [0.2, 0.25) is 0 Å². The second-order valence-electron chi connectivity index (χ2n) is 5.86. The van der Waals surface area contributed by atoms with E-state index in [9.17, 15) is 0 Å². The van der Waals surface area contributed by atoms with E-state index in [1.807, 2.05) is 0 Å². The van der Waals surface area contributed by atoms with Crippen molar-refractivity contribution in [2.45, 2.75) is 39.2 Å². The van der Waals surface area contributed by atoms with Gasteiger partial charge in [0.05, 0.1) is 0 Å². The lowest BCUT2D eigenvalue weighted by Gasteiger charge is -2.28. The maximum absolute atomic E-state index is 3.49. The van der Waals surface area contributed by atoms with Crippen LogP contribution in [0, 0.1) is 11.3 Å². The number of piperidine rings is 1. The molecule has 2 aliphatic rings. The highest BCUT2D eigenvalue weighted by Crippen LogP contribution is 2.48. The Bertz CT molecular complexity index is 194. The number of nitrogens with zero attached hydrogens (tertiary/aromatic N) is 1. The lowest BCUT2D eigenvalue weighted by Crippen LogP contribution is -2.38. The Labute approximate surface area is 88.1 Å². The van der Waals surface area contributed by atoms with Crippen molar-refractivity contribution in [3.05, 3.63) is 0 Å². The molecule has 2 atom stereocenters. The Kier molecular flexibility index (Phi) is 2.85. The summed E-state index contributed by atoms with van der Waals surface area (Å²) in [6, 6.07) is 0.851. The maximum Gasteiger partial charge on any atom is 0.0150 e. The molecule has 2 fully saturated rings. The van der Waals surface area contributed by atoms with Crippen LogP contribution in [0.15, 0.2) is 0 Å². The van der Waals surface area contributed by atoms with Crippen molar-refractivity contribution in [2.24, 2.45) is 11.3 Å². The number of hydrogen-bond acceptors (Lipinski definition) is 2. The summed E-state index contributed by atoms with van der Waals surface area (Å²) in [6.45, 7) is 8.52. The summed E-state index contributed by atoms with van der Waals surface area (Å²) in [5, 5.41) is 3.49. The zero-order valence-electron chi connectivity index (χ0n) is 9.84. The summed E-state index contributed by atoms with van der Waals surface area (Å²) in [5.74, 6) is 0.894. The Morgan fingerprint density at radius 2 is 2.14 bits per heavy atom. The van der Waals surface area contributed by atoms with Crippen LogP contribution in [0.2, 0.25) is 0 Å². The van der Waals surface area contributed by atoms with Crippen molar-refractivity contribution < 1.29 is 0 Å². The first-order chi connectivity index (χ1) is 6.59. The largest absolute Gasteiger partial charge is 0.316 e. The SMILES string of the molecule is CN(CC1CCCNC1)C1CC1(C)C. The fourth-order valence-corrected chi connectivity index (χ4v) is 2.81. The van der Waals surface area contributed by atoms with Gasteiger partial charge in [0.1, 0.15) is 0 Å². The molecule has 1 heterocycles. The predicted molar refractivity (Wildman–Crippen MR) is 60.4 cm³/mol. The van der Waals surface area contributed by atoms with Crippen LogP contribution in [0.4, 0.5) is 0 Å². The molecule has 0 aromatic heterocycles. The molecule has 0 spiro atoms. The van der Waals surface area contributed by atoms with Crippen molar-refractivity contribution in [2.75, 3.05) is 26.7 Å². The van der Waals surface area contributed by atoms with E-state index in [4.69, 9.17) is 0 Å². The standard InChI is InChI=1S/C12H24N2/c1-12(2)7-11(12)14(3)9-10-5-4-6-13-8-10/h10-11,13H,4-9H2,1-3H3. The second kappa shape index (κ2) is 3.82. The molecule has 1 aliphatic heterocycles. The molecule has 14 heavy (non-hydrogen) atoms. The summed E-state index contributed by atoms with van der Waals surface area (Å²) in [6.07, 6.45) is 4.18. The molecule has 2 unspecified atom stereocenters. The summed E-state index contributed by atoms with van der Waals surface area (Å²) >= 11 is 0. The van der Waals surface area contributed by atoms with Gasteiger partial charge in [-0.05, 0) is 50.7 Å². The Morgan fingerprint density at radius 1 is 1.43 bits per heavy atom. The maximum atomic E-state index is 3.49. The van der Waals surface area contributed by atoms with Gasteiger partial charge in [0.15, 0.2) is 0 Å². The number of hydrogen-bond donors (Lipinski definition) is 1. The first-order valence-corrected chi connectivity index (χ1v) is 6.00. The van der Waals surface area contributed by atoms with Crippen LogP contribution in [-0.2, 0) is 0 Å². The summed E-state index contributed by atoms with van der Waals surface area (Å²) in [7, 11) is 2.30. The van der Waals surface area contributed by atoms with Gasteiger partial charge < -0.3 is 10.2 Å². The van der Waals surface area contributed by atoms with Crippen molar-refractivity contribution >= 4 is 0 Å². The minimum atomic E-state index is 0.594. The predicted octanol–water partition coefficient (Wildman–Crippen LogP) is 1.72. The minimum absolute atomic E-state index is 0.594. The lowest BCUT2D eigenvalue weighted by atomic mass is 9.99. The van der Waals surface area contributed by atoms with Crippen LogP contribution in [0.3, 0.4) is 0 Å². The lowest BCUT2D eigenvalue weighted by molar-refractivity contribution is 0.218. The average Bonchev–Trinajstić information content (AvgIpc) is 2.77. The highest BCUT2D eigenvalue weighted by Gasteiger charge is 2.48. The van der Waals surface area contributed by atoms with E-state index in [1.54, 1.807) is 0 Å². The third kappa shape index (κ3) is 2.29. The van der Waals surface area contributed by atoms with Crippen LogP contribution >= 0.6 is 0 Å². The van der Waals surface area contributed by atoms with E-state index in [2.05, 4.69) is 31.1 Å². The molecule has 0 radical (unpaired) electrons. The molecule has 1 N–H and O–H groups in total. The molecule has 2 rings (SSSR count). The van der Waals surface area contributed by atoms with E-state index >= 15 is 0 Å². The summed E-state index contributed by atoms with van der Waals surface area (Å²) in [5.41, 5.74) is 0.594. The molecule has 0 amide bonds. The van der Waals surface area contributed by atoms with Crippen molar-refractivity contribution in [3.8, 4) is 0 Å². The van der Waals surface area contributed by atoms with Crippen molar-refractivity contribution in [1.82, 2.24) is 10.2 Å². The molecule has 1 saturated carbocycles. The van der Waals surface area contributed by atoms with Crippen molar-refractivity contribution in [1.29, 1.82) is 0 Å². The van der Waals surface area contributed by atoms with Crippen LogP contribution < -0.4 is 5.32 Å². The highest BCUT2D eigenvalue weighted by molar-refractivity contribution is 5.02. The average molecular weight is 196 g/mol. The van der Waals surface area contributed by atoms with E-state index in [-0.39, 0.29) is 0 Å². The van der Waals surface area contributed by atoms with Gasteiger partial charge >= 0.3 is 0 Å². The molecular formula is C12H24N2. The normalized spacial score (nSPS) is 36.0. The van der Waals surface area contributed by atoms with E-state index < -0.39 is 0 Å². The Hall–Kier alpha value is -0.0800. The zero-order valence-corrected chi connectivity index (χ0v) is 9.84. The van der Waals surface area contributed by atoms with E-state index in [1.165, 1.54) is 38.9 Å². The molecular weight excluding hydrogens is 172 g/mol. The fraction of sp³-hybridized carbons (Fsp3) is 1.00. The van der Waals surface area contributed by atoms with E-state index in [0.29, 0.717) is 5.41 Å². The van der Waals surface area contributed by atoms with Crippen LogP contribution in [0.5, 0.6) is 0 Å². The first-order valence-electron chi connectivity index (χ1n) is 6.00. The summed E-state index contributed by atoms with van der Waals surface area (Å²) < 4.78 is 0. The van der Waals surface area contributed by atoms with Crippen LogP contribution in [0.1, 0.15) is 33.1 Å². The van der Waals surface area contributed by atoms with Gasteiger partial charge in [-0.25, -0.2) is 0 Å². The topological polar surface area (TPSA) is 15.3 Å². The molecule has 1 saturated heterocycles. The molecule has 0 aromatic rings. The molecule has 0 aromatic carbocycles. The second-order valence-corrected chi connectivity index (χ2v) is 5.86. The van der Waals surface area contributed by atoms with Gasteiger partial charge in [-0.2, -0.15) is 0 Å². The van der Waals surface area contributed by atoms with Gasteiger partial charge in [0, 0.05) is 12.6 Å². The zero-order chi connectivity index (χ0) is 10.2. The van der Waals surface area contributed by atoms with Gasteiger partial charge in [0.25, 0.3) is 0 Å². The van der Waals surface area contributed by atoms with Crippen LogP contribution in [0.25, 0.3) is 0 Å². The summed E-state index contributed by atoms with van der Waals surface area (Å²) in [4.78, 5) is 2.58. The highest BCUT2D eigenvalue weighted by atomic mass is 15.2.